The third kappa shape index (κ3) is 7.08. The van der Waals surface area contributed by atoms with Crippen LogP contribution in [0.3, 0.4) is 0 Å². The van der Waals surface area contributed by atoms with Crippen LogP contribution in [0, 0.1) is 0 Å². The highest BCUT2D eigenvalue weighted by Crippen LogP contribution is 2.51. The first-order valence-corrected chi connectivity index (χ1v) is 19.7. The van der Waals surface area contributed by atoms with Gasteiger partial charge in [-0.2, -0.15) is 0 Å². The maximum atomic E-state index is 4.34. The topological polar surface area (TPSA) is 0 Å². The molecule has 48 heavy (non-hydrogen) atoms. The number of hydrogen-bond acceptors (Lipinski definition) is 0. The molecule has 6 aromatic rings. The summed E-state index contributed by atoms with van der Waals surface area (Å²) in [5.74, 6) is 0.111. The average Bonchev–Trinajstić information content (AvgIpc) is 3.15. The molecule has 0 saturated heterocycles. The molecule has 0 fully saturated rings. The second-order valence-electron chi connectivity index (χ2n) is 12.1. The summed E-state index contributed by atoms with van der Waals surface area (Å²) in [6.07, 6.45) is 6.17. The molecule has 0 amide bonds. The molecule has 0 saturated carbocycles. The summed E-state index contributed by atoms with van der Waals surface area (Å²) in [6, 6.07) is 58.4. The highest BCUT2D eigenvalue weighted by molar-refractivity contribution is 7.80. The summed E-state index contributed by atoms with van der Waals surface area (Å²) < 4.78 is 0. The van der Waals surface area contributed by atoms with Crippen LogP contribution in [0.1, 0.15) is 54.0 Å². The molecular weight excluding hydrogens is 614 g/mol. The minimum atomic E-state index is -0.853. The van der Waals surface area contributed by atoms with Crippen molar-refractivity contribution in [3.8, 4) is 0 Å². The fraction of sp³-hybridized carbons (Fsp3) is 0.130. The first kappa shape index (κ1) is 33.6. The third-order valence-electron chi connectivity index (χ3n) is 9.18. The smallest absolute Gasteiger partial charge is 0.0176 e. The van der Waals surface area contributed by atoms with Crippen molar-refractivity contribution in [2.45, 2.75) is 38.3 Å². The van der Waals surface area contributed by atoms with Gasteiger partial charge in [0.1, 0.15) is 0 Å². The Morgan fingerprint density at radius 3 is 1.48 bits per heavy atom. The molecule has 0 aliphatic carbocycles. The van der Waals surface area contributed by atoms with Gasteiger partial charge in [0.25, 0.3) is 0 Å². The highest BCUT2D eigenvalue weighted by atomic mass is 31.1. The lowest BCUT2D eigenvalue weighted by molar-refractivity contribution is 0.770. The lowest BCUT2D eigenvalue weighted by Crippen LogP contribution is -2.32. The van der Waals surface area contributed by atoms with Gasteiger partial charge in [-0.3, -0.25) is 0 Å². The molecule has 0 spiro atoms. The Morgan fingerprint density at radius 1 is 0.542 bits per heavy atom. The van der Waals surface area contributed by atoms with Gasteiger partial charge in [0.05, 0.1) is 0 Å². The molecule has 238 valence electrons. The molecular formula is C46H44P2. The van der Waals surface area contributed by atoms with Crippen molar-refractivity contribution in [1.82, 2.24) is 0 Å². The van der Waals surface area contributed by atoms with Crippen LogP contribution in [0.25, 0.3) is 12.2 Å². The molecule has 2 atom stereocenters. The van der Waals surface area contributed by atoms with Gasteiger partial charge >= 0.3 is 0 Å². The van der Waals surface area contributed by atoms with E-state index in [1.807, 2.05) is 0 Å². The Labute approximate surface area is 290 Å². The van der Waals surface area contributed by atoms with Gasteiger partial charge in [0.15, 0.2) is 0 Å². The zero-order valence-electron chi connectivity index (χ0n) is 28.0. The van der Waals surface area contributed by atoms with Crippen molar-refractivity contribution in [3.63, 3.8) is 0 Å². The van der Waals surface area contributed by atoms with Gasteiger partial charge < -0.3 is 0 Å². The van der Waals surface area contributed by atoms with Crippen molar-refractivity contribution in [1.29, 1.82) is 0 Å². The summed E-state index contributed by atoms with van der Waals surface area (Å²) in [5, 5.41) is 6.97. The van der Waals surface area contributed by atoms with E-state index in [-0.39, 0.29) is 11.6 Å². The standard InChI is InChI=1S/C46H44P2/c1-5-22-42-37(7-3)33-34-44(48(40-28-16-10-17-29-40)41-30-18-11-19-31-41)46(42)45(43-32-21-20-23-36(43)6-2)35(4)47(38-24-12-8-13-25-38)39-26-14-9-15-27-39/h6-21,23-35,45H,2-3,5,22H2,1,4H3/t35-,45?/m1/s1. The van der Waals surface area contributed by atoms with Crippen LogP contribution in [0.5, 0.6) is 0 Å². The Morgan fingerprint density at radius 2 is 1.00 bits per heavy atom. The van der Waals surface area contributed by atoms with E-state index in [0.717, 1.165) is 12.8 Å². The van der Waals surface area contributed by atoms with Crippen molar-refractivity contribution < 1.29 is 0 Å². The molecule has 0 bridgehead atoms. The summed E-state index contributed by atoms with van der Waals surface area (Å²) in [6.45, 7) is 13.5. The normalized spacial score (nSPS) is 12.5. The summed E-state index contributed by atoms with van der Waals surface area (Å²) in [7, 11) is -1.60. The van der Waals surface area contributed by atoms with Gasteiger partial charge in [0, 0.05) is 5.92 Å². The summed E-state index contributed by atoms with van der Waals surface area (Å²) in [4.78, 5) is 0. The zero-order valence-corrected chi connectivity index (χ0v) is 29.8. The second-order valence-corrected chi connectivity index (χ2v) is 16.9. The van der Waals surface area contributed by atoms with E-state index in [1.165, 1.54) is 54.3 Å². The van der Waals surface area contributed by atoms with Crippen molar-refractivity contribution in [2.24, 2.45) is 0 Å². The molecule has 6 aromatic carbocycles. The Hall–Kier alpha value is -4.34. The molecule has 2 heteroatoms. The van der Waals surface area contributed by atoms with Crippen LogP contribution in [-0.2, 0) is 6.42 Å². The van der Waals surface area contributed by atoms with Crippen LogP contribution in [0.2, 0.25) is 0 Å². The average molecular weight is 659 g/mol. The quantitative estimate of drug-likeness (QED) is 0.108. The molecule has 0 aliphatic rings. The van der Waals surface area contributed by atoms with Crippen LogP contribution in [-0.4, -0.2) is 5.66 Å². The largest absolute Gasteiger partial charge is 0.0985 e. The maximum absolute atomic E-state index is 4.34. The van der Waals surface area contributed by atoms with E-state index in [1.54, 1.807) is 0 Å². The van der Waals surface area contributed by atoms with Gasteiger partial charge in [0.2, 0.25) is 0 Å². The Bertz CT molecular complexity index is 1850. The number of hydrogen-bond donors (Lipinski definition) is 0. The van der Waals surface area contributed by atoms with Gasteiger partial charge in [-0.25, -0.2) is 0 Å². The van der Waals surface area contributed by atoms with E-state index < -0.39 is 15.8 Å². The van der Waals surface area contributed by atoms with E-state index in [4.69, 9.17) is 0 Å². The predicted octanol–water partition coefficient (Wildman–Crippen LogP) is 10.3. The number of rotatable bonds is 13. The lowest BCUT2D eigenvalue weighted by atomic mass is 9.81. The van der Waals surface area contributed by atoms with Crippen molar-refractivity contribution >= 4 is 54.5 Å². The molecule has 0 heterocycles. The van der Waals surface area contributed by atoms with E-state index in [9.17, 15) is 0 Å². The minimum Gasteiger partial charge on any atom is -0.0985 e. The second kappa shape index (κ2) is 16.2. The molecule has 1 unspecified atom stereocenters. The zero-order chi connectivity index (χ0) is 33.3. The van der Waals surface area contributed by atoms with Crippen LogP contribution in [0.4, 0.5) is 0 Å². The fourth-order valence-corrected chi connectivity index (χ4v) is 12.5. The highest BCUT2D eigenvalue weighted by Gasteiger charge is 2.36. The molecule has 6 rings (SSSR count). The fourth-order valence-electron chi connectivity index (χ4n) is 7.10. The Kier molecular flexibility index (Phi) is 11.3. The van der Waals surface area contributed by atoms with Gasteiger partial charge in [-0.1, -0.05) is 203 Å². The van der Waals surface area contributed by atoms with Gasteiger partial charge in [-0.05, 0) is 82.3 Å². The Balaban J connectivity index is 1.72. The molecule has 0 radical (unpaired) electrons. The monoisotopic (exact) mass is 658 g/mol. The van der Waals surface area contributed by atoms with Crippen molar-refractivity contribution in [3.05, 3.63) is 199 Å². The van der Waals surface area contributed by atoms with E-state index >= 15 is 0 Å². The maximum Gasteiger partial charge on any atom is 0.0176 e. The summed E-state index contributed by atoms with van der Waals surface area (Å²) in [5.41, 5.74) is 6.94. The third-order valence-corrected chi connectivity index (χ3v) is 14.5. The minimum absolute atomic E-state index is 0.111. The molecule has 0 aliphatic heterocycles. The molecule has 0 nitrogen and oxygen atoms in total. The van der Waals surface area contributed by atoms with Crippen LogP contribution >= 0.6 is 15.8 Å². The first-order chi connectivity index (χ1) is 23.7. The van der Waals surface area contributed by atoms with E-state index in [0.29, 0.717) is 0 Å². The SMILES string of the molecule is C=Cc1ccccc1C(c1c(P(c2ccccc2)c2ccccc2)ccc(C=C)c1CCC)[C@@H](C)P(c1ccccc1)c1ccccc1. The lowest BCUT2D eigenvalue weighted by Gasteiger charge is -2.37. The predicted molar refractivity (Wildman–Crippen MR) is 216 cm³/mol. The summed E-state index contributed by atoms with van der Waals surface area (Å²) >= 11 is 0. The number of benzene rings is 6. The molecule has 0 aromatic heterocycles. The van der Waals surface area contributed by atoms with Crippen LogP contribution in [0.15, 0.2) is 171 Å². The van der Waals surface area contributed by atoms with Crippen LogP contribution < -0.4 is 26.5 Å². The molecule has 0 N–H and O–H groups in total. The first-order valence-electron chi connectivity index (χ1n) is 16.9. The van der Waals surface area contributed by atoms with E-state index in [2.05, 4.69) is 197 Å². The van der Waals surface area contributed by atoms with Crippen molar-refractivity contribution in [2.75, 3.05) is 0 Å². The van der Waals surface area contributed by atoms with Gasteiger partial charge in [-0.15, -0.1) is 0 Å².